The first-order valence-electron chi connectivity index (χ1n) is 7.68. The molecule has 1 aliphatic heterocycles. The molecule has 5 atom stereocenters. The molecule has 0 aromatic rings. The summed E-state index contributed by atoms with van der Waals surface area (Å²) >= 11 is 2.17. The van der Waals surface area contributed by atoms with E-state index in [9.17, 15) is 0 Å². The van der Waals surface area contributed by atoms with Gasteiger partial charge in [-0.3, -0.25) is 0 Å². The van der Waals surface area contributed by atoms with Crippen molar-refractivity contribution in [2.24, 2.45) is 23.7 Å². The van der Waals surface area contributed by atoms with Gasteiger partial charge in [0.1, 0.15) is 0 Å². The number of fused-ring (bicyclic) bond motifs is 2. The second-order valence-electron chi connectivity index (χ2n) is 6.46. The molecule has 1 heterocycles. The fourth-order valence-corrected chi connectivity index (χ4v) is 5.90. The molecule has 3 rings (SSSR count). The lowest BCUT2D eigenvalue weighted by molar-refractivity contribution is 0.246. The molecular weight excluding hydrogens is 226 g/mol. The summed E-state index contributed by atoms with van der Waals surface area (Å²) in [6, 6.07) is 0.833. The van der Waals surface area contributed by atoms with Crippen molar-refractivity contribution < 1.29 is 0 Å². The normalized spacial score (nSPS) is 42.2. The van der Waals surface area contributed by atoms with Crippen LogP contribution in [0.4, 0.5) is 0 Å². The van der Waals surface area contributed by atoms with Crippen LogP contribution in [0.25, 0.3) is 0 Å². The standard InChI is InChI=1S/C15H27NS/c1-2-16-15(13-5-6-17-10-13)9-14-8-11-3-4-12(14)7-11/h11-16H,2-10H2,1H3. The second kappa shape index (κ2) is 5.52. The second-order valence-corrected chi connectivity index (χ2v) is 7.61. The highest BCUT2D eigenvalue weighted by Gasteiger charge is 2.41. The minimum absolute atomic E-state index is 0.833. The summed E-state index contributed by atoms with van der Waals surface area (Å²) < 4.78 is 0. The molecule has 2 heteroatoms. The van der Waals surface area contributed by atoms with E-state index in [1.54, 1.807) is 25.7 Å². The summed E-state index contributed by atoms with van der Waals surface area (Å²) in [5, 5.41) is 3.80. The smallest absolute Gasteiger partial charge is 0.0106 e. The molecule has 1 saturated heterocycles. The van der Waals surface area contributed by atoms with Gasteiger partial charge in [-0.1, -0.05) is 13.3 Å². The largest absolute Gasteiger partial charge is 0.314 e. The fourth-order valence-electron chi connectivity index (χ4n) is 4.57. The van der Waals surface area contributed by atoms with Crippen LogP contribution in [0.2, 0.25) is 0 Å². The molecule has 3 aliphatic rings. The lowest BCUT2D eigenvalue weighted by Gasteiger charge is -2.30. The molecule has 17 heavy (non-hydrogen) atoms. The van der Waals surface area contributed by atoms with Crippen LogP contribution in [0.15, 0.2) is 0 Å². The van der Waals surface area contributed by atoms with E-state index in [4.69, 9.17) is 0 Å². The Morgan fingerprint density at radius 3 is 2.76 bits per heavy atom. The number of thioether (sulfide) groups is 1. The molecule has 98 valence electrons. The first-order chi connectivity index (χ1) is 8.36. The van der Waals surface area contributed by atoms with Crippen molar-refractivity contribution in [1.29, 1.82) is 0 Å². The summed E-state index contributed by atoms with van der Waals surface area (Å²) in [7, 11) is 0. The maximum atomic E-state index is 3.80. The molecule has 2 bridgehead atoms. The van der Waals surface area contributed by atoms with Crippen LogP contribution in [-0.4, -0.2) is 24.1 Å². The predicted molar refractivity (Wildman–Crippen MR) is 76.5 cm³/mol. The summed E-state index contributed by atoms with van der Waals surface area (Å²) in [6.07, 6.45) is 9.18. The molecule has 2 saturated carbocycles. The number of hydrogen-bond acceptors (Lipinski definition) is 2. The summed E-state index contributed by atoms with van der Waals surface area (Å²) in [5.74, 6) is 7.09. The van der Waals surface area contributed by atoms with Gasteiger partial charge in [-0.2, -0.15) is 11.8 Å². The van der Waals surface area contributed by atoms with Gasteiger partial charge in [0.2, 0.25) is 0 Å². The summed E-state index contributed by atoms with van der Waals surface area (Å²) in [6.45, 7) is 3.43. The fraction of sp³-hybridized carbons (Fsp3) is 1.00. The van der Waals surface area contributed by atoms with E-state index in [0.29, 0.717) is 0 Å². The average molecular weight is 253 g/mol. The highest BCUT2D eigenvalue weighted by Crippen LogP contribution is 2.50. The lowest BCUT2D eigenvalue weighted by atomic mass is 9.81. The molecule has 2 aliphatic carbocycles. The highest BCUT2D eigenvalue weighted by molar-refractivity contribution is 7.99. The van der Waals surface area contributed by atoms with Crippen LogP contribution in [0.1, 0.15) is 45.4 Å². The Hall–Kier alpha value is 0.310. The van der Waals surface area contributed by atoms with Crippen LogP contribution in [0, 0.1) is 23.7 Å². The van der Waals surface area contributed by atoms with E-state index in [2.05, 4.69) is 24.0 Å². The minimum Gasteiger partial charge on any atom is -0.314 e. The molecule has 0 aromatic carbocycles. The van der Waals surface area contributed by atoms with Gasteiger partial charge in [0.05, 0.1) is 0 Å². The van der Waals surface area contributed by atoms with Crippen molar-refractivity contribution in [1.82, 2.24) is 5.32 Å². The van der Waals surface area contributed by atoms with Gasteiger partial charge < -0.3 is 5.32 Å². The molecule has 0 aromatic heterocycles. The minimum atomic E-state index is 0.833. The van der Waals surface area contributed by atoms with E-state index >= 15 is 0 Å². The molecule has 3 fully saturated rings. The molecule has 0 spiro atoms. The van der Waals surface area contributed by atoms with Crippen LogP contribution >= 0.6 is 11.8 Å². The average Bonchev–Trinajstić information content (AvgIpc) is 3.06. The first kappa shape index (κ1) is 12.3. The third kappa shape index (κ3) is 2.68. The van der Waals surface area contributed by atoms with E-state index in [-0.39, 0.29) is 0 Å². The topological polar surface area (TPSA) is 12.0 Å². The van der Waals surface area contributed by atoms with Gasteiger partial charge in [-0.25, -0.2) is 0 Å². The maximum absolute atomic E-state index is 3.80. The van der Waals surface area contributed by atoms with Crippen molar-refractivity contribution in [3.05, 3.63) is 0 Å². The van der Waals surface area contributed by atoms with Crippen LogP contribution in [0.3, 0.4) is 0 Å². The zero-order chi connectivity index (χ0) is 11.7. The quantitative estimate of drug-likeness (QED) is 0.804. The summed E-state index contributed by atoms with van der Waals surface area (Å²) in [4.78, 5) is 0. The van der Waals surface area contributed by atoms with E-state index in [1.165, 1.54) is 24.3 Å². The van der Waals surface area contributed by atoms with Crippen molar-refractivity contribution in [3.8, 4) is 0 Å². The third-order valence-electron chi connectivity index (χ3n) is 5.44. The third-order valence-corrected chi connectivity index (χ3v) is 6.63. The Morgan fingerprint density at radius 1 is 1.24 bits per heavy atom. The van der Waals surface area contributed by atoms with Crippen molar-refractivity contribution in [3.63, 3.8) is 0 Å². The zero-order valence-electron chi connectivity index (χ0n) is 11.2. The Labute approximate surface area is 111 Å². The van der Waals surface area contributed by atoms with E-state index < -0.39 is 0 Å². The Balaban J connectivity index is 1.56. The number of nitrogens with one attached hydrogen (secondary N) is 1. The Morgan fingerprint density at radius 2 is 2.18 bits per heavy atom. The van der Waals surface area contributed by atoms with Gasteiger partial charge in [-0.05, 0) is 73.8 Å². The van der Waals surface area contributed by atoms with Crippen molar-refractivity contribution in [2.45, 2.75) is 51.5 Å². The van der Waals surface area contributed by atoms with Gasteiger partial charge in [0.15, 0.2) is 0 Å². The van der Waals surface area contributed by atoms with Gasteiger partial charge >= 0.3 is 0 Å². The highest BCUT2D eigenvalue weighted by atomic mass is 32.2. The monoisotopic (exact) mass is 253 g/mol. The molecule has 1 nitrogen and oxygen atoms in total. The predicted octanol–water partition coefficient (Wildman–Crippen LogP) is 3.54. The van der Waals surface area contributed by atoms with Gasteiger partial charge in [0.25, 0.3) is 0 Å². The zero-order valence-corrected chi connectivity index (χ0v) is 12.0. The van der Waals surface area contributed by atoms with Crippen molar-refractivity contribution >= 4 is 11.8 Å². The molecule has 0 radical (unpaired) electrons. The van der Waals surface area contributed by atoms with Gasteiger partial charge in [0, 0.05) is 6.04 Å². The van der Waals surface area contributed by atoms with Crippen LogP contribution in [-0.2, 0) is 0 Å². The van der Waals surface area contributed by atoms with E-state index in [1.807, 2.05) is 0 Å². The Bertz CT molecular complexity index is 249. The molecule has 5 unspecified atom stereocenters. The number of hydrogen-bond donors (Lipinski definition) is 1. The van der Waals surface area contributed by atoms with Crippen LogP contribution in [0.5, 0.6) is 0 Å². The van der Waals surface area contributed by atoms with Gasteiger partial charge in [-0.15, -0.1) is 0 Å². The summed E-state index contributed by atoms with van der Waals surface area (Å²) in [5.41, 5.74) is 0. The molecular formula is C15H27NS. The SMILES string of the molecule is CCNC(CC1CC2CCC1C2)C1CCSC1. The van der Waals surface area contributed by atoms with Crippen molar-refractivity contribution in [2.75, 3.05) is 18.1 Å². The maximum Gasteiger partial charge on any atom is 0.0106 e. The number of rotatable bonds is 5. The molecule has 0 amide bonds. The first-order valence-corrected chi connectivity index (χ1v) is 8.83. The Kier molecular flexibility index (Phi) is 4.01. The van der Waals surface area contributed by atoms with Crippen LogP contribution < -0.4 is 5.32 Å². The molecule has 1 N–H and O–H groups in total. The lowest BCUT2D eigenvalue weighted by Crippen LogP contribution is -2.38. The van der Waals surface area contributed by atoms with E-state index in [0.717, 1.165) is 36.3 Å².